The molecule has 2 saturated heterocycles. The molecule has 21 heavy (non-hydrogen) atoms. The van der Waals surface area contributed by atoms with E-state index in [1.54, 1.807) is 0 Å². The van der Waals surface area contributed by atoms with Crippen molar-refractivity contribution in [2.24, 2.45) is 11.7 Å². The molecular weight excluding hydrogens is 292 g/mol. The van der Waals surface area contributed by atoms with E-state index in [2.05, 4.69) is 16.5 Å². The molecular formula is C13H28N4O3S. The van der Waals surface area contributed by atoms with Crippen LogP contribution in [0.4, 0.5) is 0 Å². The number of nitrogens with two attached hydrogens (primary N) is 1. The van der Waals surface area contributed by atoms with Crippen LogP contribution in [0.3, 0.4) is 0 Å². The van der Waals surface area contributed by atoms with Gasteiger partial charge in [-0.1, -0.05) is 6.92 Å². The average Bonchev–Trinajstić information content (AvgIpc) is 2.53. The zero-order valence-corrected chi connectivity index (χ0v) is 13.6. The van der Waals surface area contributed by atoms with Gasteiger partial charge in [-0.15, -0.1) is 0 Å². The molecule has 2 unspecified atom stereocenters. The van der Waals surface area contributed by atoms with Gasteiger partial charge in [0.05, 0.1) is 12.7 Å². The van der Waals surface area contributed by atoms with Crippen LogP contribution in [0.5, 0.6) is 0 Å². The zero-order valence-electron chi connectivity index (χ0n) is 12.8. The molecule has 0 bridgehead atoms. The first-order valence-corrected chi connectivity index (χ1v) is 9.28. The molecule has 0 amide bonds. The highest BCUT2D eigenvalue weighted by molar-refractivity contribution is 7.87. The number of morpholine rings is 1. The molecule has 0 aliphatic carbocycles. The lowest BCUT2D eigenvalue weighted by atomic mass is 10.0. The topological polar surface area (TPSA) is 87.9 Å². The Morgan fingerprint density at radius 2 is 2.14 bits per heavy atom. The second-order valence-electron chi connectivity index (χ2n) is 5.84. The molecule has 0 aromatic heterocycles. The van der Waals surface area contributed by atoms with E-state index >= 15 is 0 Å². The molecule has 2 atom stereocenters. The minimum absolute atomic E-state index is 0.0661. The van der Waals surface area contributed by atoms with E-state index in [1.807, 2.05) is 0 Å². The van der Waals surface area contributed by atoms with Gasteiger partial charge in [0.15, 0.2) is 0 Å². The minimum atomic E-state index is -3.42. The molecule has 8 heteroatoms. The van der Waals surface area contributed by atoms with E-state index in [0.29, 0.717) is 32.8 Å². The molecule has 2 heterocycles. The third kappa shape index (κ3) is 4.87. The maximum Gasteiger partial charge on any atom is 0.279 e. The molecule has 2 fully saturated rings. The number of rotatable bonds is 6. The smallest absolute Gasteiger partial charge is 0.279 e. The van der Waals surface area contributed by atoms with Gasteiger partial charge in [0, 0.05) is 32.7 Å². The van der Waals surface area contributed by atoms with Gasteiger partial charge in [0.2, 0.25) is 0 Å². The number of ether oxygens (including phenoxy) is 1. The molecule has 0 spiro atoms. The Bertz CT molecular complexity index is 418. The first kappa shape index (κ1) is 17.1. The Morgan fingerprint density at radius 3 is 2.86 bits per heavy atom. The quantitative estimate of drug-likeness (QED) is 0.670. The summed E-state index contributed by atoms with van der Waals surface area (Å²) in [6.45, 7) is 7.43. The van der Waals surface area contributed by atoms with Gasteiger partial charge in [-0.2, -0.15) is 17.4 Å². The Kier molecular flexibility index (Phi) is 6.39. The molecule has 0 radical (unpaired) electrons. The number of hydrogen-bond acceptors (Lipinski definition) is 5. The lowest BCUT2D eigenvalue weighted by Gasteiger charge is -2.34. The van der Waals surface area contributed by atoms with Gasteiger partial charge in [0.25, 0.3) is 10.2 Å². The summed E-state index contributed by atoms with van der Waals surface area (Å²) in [5.41, 5.74) is 5.66. The van der Waals surface area contributed by atoms with Crippen molar-refractivity contribution in [1.29, 1.82) is 0 Å². The number of nitrogens with zero attached hydrogens (tertiary/aromatic N) is 2. The molecule has 3 N–H and O–H groups in total. The Hall–Kier alpha value is -0.250. The molecule has 2 rings (SSSR count). The fourth-order valence-corrected chi connectivity index (χ4v) is 4.27. The highest BCUT2D eigenvalue weighted by Crippen LogP contribution is 2.17. The lowest BCUT2D eigenvalue weighted by Crippen LogP contribution is -2.51. The predicted molar refractivity (Wildman–Crippen MR) is 82.1 cm³/mol. The SMILES string of the molecule is CCN1CCOC(CNS(=O)(=O)N2CCCC(CN)C2)C1. The summed E-state index contributed by atoms with van der Waals surface area (Å²) in [6.07, 6.45) is 1.83. The van der Waals surface area contributed by atoms with Gasteiger partial charge >= 0.3 is 0 Å². The van der Waals surface area contributed by atoms with Crippen LogP contribution in [-0.2, 0) is 14.9 Å². The van der Waals surface area contributed by atoms with Gasteiger partial charge in [0.1, 0.15) is 0 Å². The summed E-state index contributed by atoms with van der Waals surface area (Å²) in [5.74, 6) is 0.275. The van der Waals surface area contributed by atoms with Gasteiger partial charge in [-0.3, -0.25) is 4.90 Å². The first-order valence-electron chi connectivity index (χ1n) is 7.84. The van der Waals surface area contributed by atoms with Crippen LogP contribution in [0.2, 0.25) is 0 Å². The molecule has 0 aromatic carbocycles. The number of nitrogens with one attached hydrogen (secondary N) is 1. The zero-order chi connectivity index (χ0) is 15.3. The molecule has 2 aliphatic rings. The van der Waals surface area contributed by atoms with Crippen LogP contribution in [-0.4, -0.2) is 76.1 Å². The van der Waals surface area contributed by atoms with Crippen molar-refractivity contribution < 1.29 is 13.2 Å². The van der Waals surface area contributed by atoms with Crippen LogP contribution >= 0.6 is 0 Å². The van der Waals surface area contributed by atoms with E-state index in [-0.39, 0.29) is 12.0 Å². The van der Waals surface area contributed by atoms with Crippen molar-refractivity contribution in [3.8, 4) is 0 Å². The number of likely N-dealkylation sites (N-methyl/N-ethyl adjacent to an activating group) is 1. The van der Waals surface area contributed by atoms with Gasteiger partial charge < -0.3 is 10.5 Å². The summed E-state index contributed by atoms with van der Waals surface area (Å²) in [6, 6.07) is 0. The van der Waals surface area contributed by atoms with Gasteiger partial charge in [-0.25, -0.2) is 0 Å². The van der Waals surface area contributed by atoms with E-state index in [9.17, 15) is 8.42 Å². The molecule has 2 aliphatic heterocycles. The normalized spacial score (nSPS) is 29.6. The minimum Gasteiger partial charge on any atom is -0.374 e. The van der Waals surface area contributed by atoms with Crippen molar-refractivity contribution in [3.05, 3.63) is 0 Å². The molecule has 0 aromatic rings. The van der Waals surface area contributed by atoms with E-state index in [0.717, 1.165) is 32.5 Å². The Morgan fingerprint density at radius 1 is 1.33 bits per heavy atom. The largest absolute Gasteiger partial charge is 0.374 e. The first-order chi connectivity index (χ1) is 10.0. The fourth-order valence-electron chi connectivity index (χ4n) is 2.92. The molecule has 0 saturated carbocycles. The van der Waals surface area contributed by atoms with Crippen LogP contribution in [0.25, 0.3) is 0 Å². The number of piperidine rings is 1. The van der Waals surface area contributed by atoms with Crippen molar-refractivity contribution in [1.82, 2.24) is 13.9 Å². The highest BCUT2D eigenvalue weighted by atomic mass is 32.2. The van der Waals surface area contributed by atoms with Gasteiger partial charge in [-0.05, 0) is 31.8 Å². The van der Waals surface area contributed by atoms with Crippen LogP contribution in [0, 0.1) is 5.92 Å². The fraction of sp³-hybridized carbons (Fsp3) is 1.00. The predicted octanol–water partition coefficient (Wildman–Crippen LogP) is -0.788. The lowest BCUT2D eigenvalue weighted by molar-refractivity contribution is -0.0230. The third-order valence-corrected chi connectivity index (χ3v) is 5.86. The number of hydrogen-bond donors (Lipinski definition) is 2. The standard InChI is InChI=1S/C13H28N4O3S/c1-2-16-6-7-20-13(11-16)9-15-21(18,19)17-5-3-4-12(8-14)10-17/h12-13,15H,2-11,14H2,1H3. The van der Waals surface area contributed by atoms with E-state index < -0.39 is 10.2 Å². The van der Waals surface area contributed by atoms with Crippen molar-refractivity contribution in [2.75, 3.05) is 52.4 Å². The Labute approximate surface area is 128 Å². The second-order valence-corrected chi connectivity index (χ2v) is 7.60. The van der Waals surface area contributed by atoms with Crippen LogP contribution in [0.1, 0.15) is 19.8 Å². The molecule has 7 nitrogen and oxygen atoms in total. The summed E-state index contributed by atoms with van der Waals surface area (Å²) >= 11 is 0. The third-order valence-electron chi connectivity index (χ3n) is 4.32. The maximum absolute atomic E-state index is 12.3. The summed E-state index contributed by atoms with van der Waals surface area (Å²) in [7, 11) is -3.42. The van der Waals surface area contributed by atoms with Crippen molar-refractivity contribution >= 4 is 10.2 Å². The maximum atomic E-state index is 12.3. The summed E-state index contributed by atoms with van der Waals surface area (Å²) in [5, 5.41) is 0. The monoisotopic (exact) mass is 320 g/mol. The van der Waals surface area contributed by atoms with E-state index in [4.69, 9.17) is 10.5 Å². The van der Waals surface area contributed by atoms with Crippen molar-refractivity contribution in [2.45, 2.75) is 25.9 Å². The highest BCUT2D eigenvalue weighted by Gasteiger charge is 2.29. The van der Waals surface area contributed by atoms with Crippen LogP contribution < -0.4 is 10.5 Å². The summed E-state index contributed by atoms with van der Waals surface area (Å²) in [4.78, 5) is 2.27. The van der Waals surface area contributed by atoms with Crippen LogP contribution in [0.15, 0.2) is 0 Å². The van der Waals surface area contributed by atoms with Crippen molar-refractivity contribution in [3.63, 3.8) is 0 Å². The Balaban J connectivity index is 1.83. The van der Waals surface area contributed by atoms with E-state index in [1.165, 1.54) is 4.31 Å². The summed E-state index contributed by atoms with van der Waals surface area (Å²) < 4.78 is 34.5. The average molecular weight is 320 g/mol. The molecule has 124 valence electrons. The second kappa shape index (κ2) is 7.85.